The van der Waals surface area contributed by atoms with Crippen molar-refractivity contribution in [3.63, 3.8) is 0 Å². The van der Waals surface area contributed by atoms with Crippen LogP contribution in [0.5, 0.6) is 5.75 Å². The van der Waals surface area contributed by atoms with Crippen molar-refractivity contribution in [2.45, 2.75) is 13.5 Å². The van der Waals surface area contributed by atoms with Gasteiger partial charge in [0, 0.05) is 18.3 Å². The molecule has 0 spiro atoms. The number of rotatable bonds is 6. The van der Waals surface area contributed by atoms with Crippen molar-refractivity contribution in [1.82, 2.24) is 9.38 Å². The minimum atomic E-state index is -0.406. The maximum absolute atomic E-state index is 13.2. The van der Waals surface area contributed by atoms with E-state index in [1.54, 1.807) is 6.07 Å². The van der Waals surface area contributed by atoms with E-state index in [-0.39, 0.29) is 0 Å². The molecule has 0 aliphatic rings. The molecular formula is C32H25N3O2. The summed E-state index contributed by atoms with van der Waals surface area (Å²) in [5.41, 5.74) is 5.07. The topological polar surface area (TPSA) is 55.6 Å². The molecule has 0 aliphatic carbocycles. The monoisotopic (exact) mass is 483 g/mol. The Morgan fingerprint density at radius 3 is 2.46 bits per heavy atom. The molecule has 0 radical (unpaired) electrons. The number of pyridine rings is 1. The summed E-state index contributed by atoms with van der Waals surface area (Å²) in [7, 11) is 0. The van der Waals surface area contributed by atoms with Crippen LogP contribution in [0.3, 0.4) is 0 Å². The molecule has 2 aromatic heterocycles. The molecule has 2 heterocycles. The predicted octanol–water partition coefficient (Wildman–Crippen LogP) is 7.29. The van der Waals surface area contributed by atoms with E-state index in [9.17, 15) is 4.79 Å². The lowest BCUT2D eigenvalue weighted by Crippen LogP contribution is -2.09. The van der Waals surface area contributed by atoms with Crippen molar-refractivity contribution in [2.24, 2.45) is 0 Å². The largest absolute Gasteiger partial charge is 0.422 e. The Morgan fingerprint density at radius 2 is 1.59 bits per heavy atom. The Balaban J connectivity index is 1.38. The third-order valence-corrected chi connectivity index (χ3v) is 6.41. The molecule has 4 aromatic carbocycles. The van der Waals surface area contributed by atoms with Gasteiger partial charge < -0.3 is 10.1 Å². The molecule has 37 heavy (non-hydrogen) atoms. The van der Waals surface area contributed by atoms with Crippen LogP contribution in [-0.2, 0) is 6.54 Å². The van der Waals surface area contributed by atoms with Crippen LogP contribution in [0.2, 0.25) is 0 Å². The Hall–Kier alpha value is -4.90. The minimum Gasteiger partial charge on any atom is -0.422 e. The number of nitrogens with one attached hydrogen (secondary N) is 1. The van der Waals surface area contributed by atoms with Crippen molar-refractivity contribution in [3.05, 3.63) is 132 Å². The second-order valence-corrected chi connectivity index (χ2v) is 9.03. The molecule has 0 saturated heterocycles. The van der Waals surface area contributed by atoms with Gasteiger partial charge in [-0.2, -0.15) is 0 Å². The van der Waals surface area contributed by atoms with E-state index in [4.69, 9.17) is 9.72 Å². The molecule has 0 fully saturated rings. The zero-order valence-corrected chi connectivity index (χ0v) is 20.4. The van der Waals surface area contributed by atoms with Gasteiger partial charge in [0.25, 0.3) is 0 Å². The average Bonchev–Trinajstić information content (AvgIpc) is 3.29. The van der Waals surface area contributed by atoms with E-state index in [1.807, 2.05) is 102 Å². The Kier molecular flexibility index (Phi) is 5.87. The van der Waals surface area contributed by atoms with Crippen LogP contribution >= 0.6 is 0 Å². The number of nitrogens with zero attached hydrogens (tertiary/aromatic N) is 2. The zero-order valence-electron chi connectivity index (χ0n) is 20.4. The third-order valence-electron chi connectivity index (χ3n) is 6.41. The molecule has 0 saturated carbocycles. The van der Waals surface area contributed by atoms with E-state index in [1.165, 1.54) is 0 Å². The molecule has 180 valence electrons. The summed E-state index contributed by atoms with van der Waals surface area (Å²) >= 11 is 0. The maximum Gasteiger partial charge on any atom is 0.343 e. The highest BCUT2D eigenvalue weighted by atomic mass is 16.5. The lowest BCUT2D eigenvalue weighted by atomic mass is 10.1. The van der Waals surface area contributed by atoms with Crippen molar-refractivity contribution in [2.75, 3.05) is 5.32 Å². The number of carbonyl (C=O) groups excluding carboxylic acids is 1. The molecule has 5 nitrogen and oxygen atoms in total. The number of fused-ring (bicyclic) bond motifs is 2. The second kappa shape index (κ2) is 9.63. The highest BCUT2D eigenvalue weighted by molar-refractivity contribution is 5.97. The number of aromatic nitrogens is 2. The summed E-state index contributed by atoms with van der Waals surface area (Å²) in [6.07, 6.45) is 2.01. The summed E-state index contributed by atoms with van der Waals surface area (Å²) in [6, 6.07) is 35.4. The van der Waals surface area contributed by atoms with E-state index in [0.29, 0.717) is 17.9 Å². The van der Waals surface area contributed by atoms with Gasteiger partial charge in [0.15, 0.2) is 0 Å². The molecule has 1 N–H and O–H groups in total. The molecule has 0 aliphatic heterocycles. The number of ether oxygens (including phenoxy) is 1. The van der Waals surface area contributed by atoms with E-state index >= 15 is 0 Å². The van der Waals surface area contributed by atoms with Crippen LogP contribution in [-0.4, -0.2) is 15.4 Å². The number of aryl methyl sites for hydroxylation is 1. The number of anilines is 1. The van der Waals surface area contributed by atoms with Gasteiger partial charge in [0.05, 0.1) is 5.56 Å². The molecule has 6 rings (SSSR count). The molecule has 0 unspecified atom stereocenters. The van der Waals surface area contributed by atoms with Crippen LogP contribution in [0.4, 0.5) is 5.82 Å². The third kappa shape index (κ3) is 4.55. The molecule has 5 heteroatoms. The second-order valence-electron chi connectivity index (χ2n) is 9.03. The van der Waals surface area contributed by atoms with Gasteiger partial charge in [0.1, 0.15) is 22.9 Å². The fraction of sp³-hybridized carbons (Fsp3) is 0.0625. The smallest absolute Gasteiger partial charge is 0.343 e. The highest BCUT2D eigenvalue weighted by Crippen LogP contribution is 2.36. The van der Waals surface area contributed by atoms with Gasteiger partial charge >= 0.3 is 5.97 Å². The first-order chi connectivity index (χ1) is 18.2. The fourth-order valence-corrected chi connectivity index (χ4v) is 4.51. The molecule has 0 bridgehead atoms. The number of esters is 1. The van der Waals surface area contributed by atoms with Crippen LogP contribution < -0.4 is 10.1 Å². The maximum atomic E-state index is 13.2. The van der Waals surface area contributed by atoms with Gasteiger partial charge in [-0.15, -0.1) is 0 Å². The van der Waals surface area contributed by atoms with Crippen molar-refractivity contribution >= 4 is 28.2 Å². The number of benzene rings is 4. The Bertz CT molecular complexity index is 1740. The first-order valence-electron chi connectivity index (χ1n) is 12.2. The van der Waals surface area contributed by atoms with Gasteiger partial charge in [-0.05, 0) is 65.2 Å². The summed E-state index contributed by atoms with van der Waals surface area (Å²) in [5.74, 6) is 0.896. The number of para-hydroxylation sites is 1. The normalized spacial score (nSPS) is 11.1. The SMILES string of the molecule is Cc1ccn2c(NCc3ccccc3)c(-c3ccccc3OC(=O)c3ccc4ccccc4c3)nc2c1. The standard InChI is InChI=1S/C32H25N3O2/c1-22-17-18-35-29(19-22)34-30(31(35)33-21-23-9-3-2-4-10-23)27-13-7-8-14-28(27)37-32(36)26-16-15-24-11-5-6-12-25(24)20-26/h2-20,33H,21H2,1H3. The first-order valence-corrected chi connectivity index (χ1v) is 12.2. The van der Waals surface area contributed by atoms with Crippen molar-refractivity contribution in [1.29, 1.82) is 0 Å². The summed E-state index contributed by atoms with van der Waals surface area (Å²) < 4.78 is 7.99. The summed E-state index contributed by atoms with van der Waals surface area (Å²) in [5, 5.41) is 5.63. The lowest BCUT2D eigenvalue weighted by molar-refractivity contribution is 0.0735. The Labute approximate surface area is 215 Å². The summed E-state index contributed by atoms with van der Waals surface area (Å²) in [6.45, 7) is 2.68. The Morgan fingerprint density at radius 1 is 0.838 bits per heavy atom. The van der Waals surface area contributed by atoms with Crippen molar-refractivity contribution in [3.8, 4) is 17.0 Å². The fourth-order valence-electron chi connectivity index (χ4n) is 4.51. The van der Waals surface area contributed by atoms with E-state index in [0.717, 1.165) is 44.6 Å². The van der Waals surface area contributed by atoms with Crippen molar-refractivity contribution < 1.29 is 9.53 Å². The molecular weight excluding hydrogens is 458 g/mol. The lowest BCUT2D eigenvalue weighted by Gasteiger charge is -2.12. The first kappa shape index (κ1) is 22.6. The average molecular weight is 484 g/mol. The van der Waals surface area contributed by atoms with E-state index < -0.39 is 5.97 Å². The van der Waals surface area contributed by atoms with Crippen LogP contribution in [0.15, 0.2) is 115 Å². The van der Waals surface area contributed by atoms with Gasteiger partial charge in [-0.25, -0.2) is 9.78 Å². The molecule has 6 aromatic rings. The predicted molar refractivity (Wildman–Crippen MR) is 148 cm³/mol. The molecule has 0 amide bonds. The highest BCUT2D eigenvalue weighted by Gasteiger charge is 2.20. The number of hydrogen-bond donors (Lipinski definition) is 1. The quantitative estimate of drug-likeness (QED) is 0.200. The van der Waals surface area contributed by atoms with Crippen LogP contribution in [0.25, 0.3) is 27.7 Å². The van der Waals surface area contributed by atoms with Gasteiger partial charge in [-0.3, -0.25) is 4.40 Å². The summed E-state index contributed by atoms with van der Waals surface area (Å²) in [4.78, 5) is 18.1. The molecule has 0 atom stereocenters. The zero-order chi connectivity index (χ0) is 25.2. The minimum absolute atomic E-state index is 0.406. The van der Waals surface area contributed by atoms with Gasteiger partial charge in [0.2, 0.25) is 0 Å². The van der Waals surface area contributed by atoms with Crippen LogP contribution in [0, 0.1) is 6.92 Å². The number of hydrogen-bond acceptors (Lipinski definition) is 4. The van der Waals surface area contributed by atoms with Crippen LogP contribution in [0.1, 0.15) is 21.5 Å². The number of imidazole rings is 1. The van der Waals surface area contributed by atoms with Gasteiger partial charge in [-0.1, -0.05) is 72.8 Å². The number of carbonyl (C=O) groups is 1. The van der Waals surface area contributed by atoms with E-state index in [2.05, 4.69) is 23.5 Å².